The number of piperidine rings is 1. The summed E-state index contributed by atoms with van der Waals surface area (Å²) >= 11 is 0. The van der Waals surface area contributed by atoms with E-state index in [9.17, 15) is 0 Å². The van der Waals surface area contributed by atoms with E-state index in [1.54, 1.807) is 0 Å². The summed E-state index contributed by atoms with van der Waals surface area (Å²) in [6, 6.07) is 10.6. The van der Waals surface area contributed by atoms with Gasteiger partial charge in [-0.15, -0.1) is 0 Å². The maximum Gasteiger partial charge on any atom is 0.246 e. The van der Waals surface area contributed by atoms with Crippen LogP contribution >= 0.6 is 0 Å². The van der Waals surface area contributed by atoms with Gasteiger partial charge in [-0.3, -0.25) is 0 Å². The highest BCUT2D eigenvalue weighted by Gasteiger charge is 2.50. The number of rotatable bonds is 3. The van der Waals surface area contributed by atoms with Gasteiger partial charge in [-0.05, 0) is 51.1 Å². The number of aromatic nitrogens is 2. The first-order valence-corrected chi connectivity index (χ1v) is 7.88. The Bertz CT molecular complexity index is 624. The van der Waals surface area contributed by atoms with Gasteiger partial charge in [0.15, 0.2) is 5.82 Å². The number of benzene rings is 1. The molecule has 0 spiro atoms. The summed E-state index contributed by atoms with van der Waals surface area (Å²) < 4.78 is 5.63. The quantitative estimate of drug-likeness (QED) is 0.940. The van der Waals surface area contributed by atoms with Gasteiger partial charge in [0, 0.05) is 0 Å². The molecule has 1 aromatic carbocycles. The zero-order chi connectivity index (χ0) is 14.3. The molecule has 110 valence electrons. The third-order valence-electron chi connectivity index (χ3n) is 5.02. The standard InChI is InChI=1S/C17H21N3O/c1-16(9-5-6-12-18-16)15-19-14(20-21-15)17(10-11-17)13-7-3-2-4-8-13/h2-4,7-8,18H,5-6,9-12H2,1H3. The summed E-state index contributed by atoms with van der Waals surface area (Å²) in [6.45, 7) is 3.20. The number of hydrogen-bond acceptors (Lipinski definition) is 4. The Kier molecular flexibility index (Phi) is 2.89. The molecule has 21 heavy (non-hydrogen) atoms. The van der Waals surface area contributed by atoms with Crippen molar-refractivity contribution in [2.45, 2.75) is 50.0 Å². The second-order valence-electron chi connectivity index (χ2n) is 6.59. The first-order valence-electron chi connectivity index (χ1n) is 7.88. The summed E-state index contributed by atoms with van der Waals surface area (Å²) in [4.78, 5) is 4.78. The van der Waals surface area contributed by atoms with Gasteiger partial charge >= 0.3 is 0 Å². The Morgan fingerprint density at radius 3 is 2.57 bits per heavy atom. The lowest BCUT2D eigenvalue weighted by Gasteiger charge is -2.31. The van der Waals surface area contributed by atoms with Crippen molar-refractivity contribution >= 4 is 0 Å². The molecule has 0 radical (unpaired) electrons. The summed E-state index contributed by atoms with van der Waals surface area (Å²) in [5.74, 6) is 1.61. The Hall–Kier alpha value is -1.68. The molecule has 4 heteroatoms. The van der Waals surface area contributed by atoms with Gasteiger partial charge in [0.25, 0.3) is 0 Å². The second-order valence-corrected chi connectivity index (χ2v) is 6.59. The lowest BCUT2D eigenvalue weighted by atomic mass is 9.90. The van der Waals surface area contributed by atoms with Gasteiger partial charge in [0.2, 0.25) is 5.89 Å². The summed E-state index contributed by atoms with van der Waals surface area (Å²) in [7, 11) is 0. The molecule has 1 unspecified atom stereocenters. The van der Waals surface area contributed by atoms with E-state index >= 15 is 0 Å². The maximum absolute atomic E-state index is 5.63. The molecule has 2 heterocycles. The van der Waals surface area contributed by atoms with Crippen molar-refractivity contribution in [2.75, 3.05) is 6.54 Å². The van der Waals surface area contributed by atoms with E-state index < -0.39 is 0 Å². The molecule has 1 aromatic heterocycles. The topological polar surface area (TPSA) is 51.0 Å². The Balaban J connectivity index is 1.66. The predicted molar refractivity (Wildman–Crippen MR) is 80.0 cm³/mol. The van der Waals surface area contributed by atoms with Crippen LogP contribution in [0.3, 0.4) is 0 Å². The molecule has 1 atom stereocenters. The minimum atomic E-state index is -0.156. The smallest absolute Gasteiger partial charge is 0.246 e. The number of nitrogens with zero attached hydrogens (tertiary/aromatic N) is 2. The highest BCUT2D eigenvalue weighted by atomic mass is 16.5. The Morgan fingerprint density at radius 2 is 1.90 bits per heavy atom. The SMILES string of the molecule is CC1(c2nc(C3(c4ccccc4)CC3)no2)CCCCN1. The van der Waals surface area contributed by atoms with Gasteiger partial charge in [-0.1, -0.05) is 35.5 Å². The third-order valence-corrected chi connectivity index (χ3v) is 5.02. The molecule has 4 rings (SSSR count). The maximum atomic E-state index is 5.63. The van der Waals surface area contributed by atoms with Crippen molar-refractivity contribution in [3.8, 4) is 0 Å². The van der Waals surface area contributed by atoms with Gasteiger partial charge < -0.3 is 9.84 Å². The third kappa shape index (κ3) is 2.09. The van der Waals surface area contributed by atoms with Crippen LogP contribution < -0.4 is 5.32 Å². The lowest BCUT2D eigenvalue weighted by Crippen LogP contribution is -2.43. The zero-order valence-electron chi connectivity index (χ0n) is 12.4. The minimum absolute atomic E-state index is 0.00592. The van der Waals surface area contributed by atoms with Crippen molar-refractivity contribution in [1.82, 2.24) is 15.5 Å². The van der Waals surface area contributed by atoms with Crippen LogP contribution in [0.1, 0.15) is 56.3 Å². The van der Waals surface area contributed by atoms with Crippen molar-refractivity contribution in [2.24, 2.45) is 0 Å². The highest BCUT2D eigenvalue weighted by Crippen LogP contribution is 2.52. The van der Waals surface area contributed by atoms with E-state index in [4.69, 9.17) is 9.51 Å². The fourth-order valence-electron chi connectivity index (χ4n) is 3.40. The van der Waals surface area contributed by atoms with E-state index in [0.29, 0.717) is 0 Å². The van der Waals surface area contributed by atoms with Gasteiger partial charge in [0.1, 0.15) is 0 Å². The molecule has 1 saturated carbocycles. The highest BCUT2D eigenvalue weighted by molar-refractivity contribution is 5.38. The summed E-state index contributed by atoms with van der Waals surface area (Å²) in [5.41, 5.74) is 1.14. The van der Waals surface area contributed by atoms with Crippen LogP contribution in [0.5, 0.6) is 0 Å². The van der Waals surface area contributed by atoms with E-state index in [1.807, 2.05) is 6.07 Å². The van der Waals surface area contributed by atoms with Crippen LogP contribution in [0.15, 0.2) is 34.9 Å². The molecule has 0 amide bonds. The van der Waals surface area contributed by atoms with Crippen molar-refractivity contribution in [1.29, 1.82) is 0 Å². The van der Waals surface area contributed by atoms with Crippen LogP contribution in [0, 0.1) is 0 Å². The van der Waals surface area contributed by atoms with E-state index in [-0.39, 0.29) is 11.0 Å². The van der Waals surface area contributed by atoms with Crippen LogP contribution in [0.4, 0.5) is 0 Å². The van der Waals surface area contributed by atoms with Gasteiger partial charge in [0.05, 0.1) is 11.0 Å². The average molecular weight is 283 g/mol. The largest absolute Gasteiger partial charge is 0.337 e. The molecule has 2 aliphatic rings. The van der Waals surface area contributed by atoms with E-state index in [1.165, 1.54) is 18.4 Å². The monoisotopic (exact) mass is 283 g/mol. The van der Waals surface area contributed by atoms with Crippen LogP contribution in [-0.2, 0) is 11.0 Å². The van der Waals surface area contributed by atoms with Gasteiger partial charge in [-0.2, -0.15) is 4.98 Å². The fraction of sp³-hybridized carbons (Fsp3) is 0.529. The predicted octanol–water partition coefficient (Wildman–Crippen LogP) is 3.14. The van der Waals surface area contributed by atoms with Crippen molar-refractivity contribution in [3.05, 3.63) is 47.6 Å². The van der Waals surface area contributed by atoms with Crippen LogP contribution in [-0.4, -0.2) is 16.7 Å². The molecule has 2 aromatic rings. The number of hydrogen-bond donors (Lipinski definition) is 1. The summed E-state index contributed by atoms with van der Waals surface area (Å²) in [5, 5.41) is 7.86. The summed E-state index contributed by atoms with van der Waals surface area (Å²) in [6.07, 6.45) is 5.73. The first kappa shape index (κ1) is 13.0. The van der Waals surface area contributed by atoms with Crippen molar-refractivity contribution < 1.29 is 4.52 Å². The van der Waals surface area contributed by atoms with Crippen LogP contribution in [0.2, 0.25) is 0 Å². The molecule has 1 aliphatic heterocycles. The normalized spacial score (nSPS) is 27.5. The lowest BCUT2D eigenvalue weighted by molar-refractivity contribution is 0.206. The molecular weight excluding hydrogens is 262 g/mol. The number of nitrogens with one attached hydrogen (secondary N) is 1. The zero-order valence-corrected chi connectivity index (χ0v) is 12.4. The Labute approximate surface area is 124 Å². The Morgan fingerprint density at radius 1 is 1.10 bits per heavy atom. The molecule has 1 aliphatic carbocycles. The average Bonchev–Trinajstić information content (AvgIpc) is 3.18. The van der Waals surface area contributed by atoms with E-state index in [0.717, 1.165) is 37.5 Å². The van der Waals surface area contributed by atoms with Gasteiger partial charge in [-0.25, -0.2) is 0 Å². The molecule has 4 nitrogen and oxygen atoms in total. The fourth-order valence-corrected chi connectivity index (χ4v) is 3.40. The molecular formula is C17H21N3O. The minimum Gasteiger partial charge on any atom is -0.337 e. The first-order chi connectivity index (χ1) is 10.2. The molecule has 0 bridgehead atoms. The molecule has 2 fully saturated rings. The molecule has 1 saturated heterocycles. The molecule has 1 N–H and O–H groups in total. The van der Waals surface area contributed by atoms with Crippen molar-refractivity contribution in [3.63, 3.8) is 0 Å². The van der Waals surface area contributed by atoms with Crippen LogP contribution in [0.25, 0.3) is 0 Å². The second kappa shape index (κ2) is 4.67. The van der Waals surface area contributed by atoms with E-state index in [2.05, 4.69) is 41.7 Å².